The van der Waals surface area contributed by atoms with Crippen molar-refractivity contribution < 1.29 is 5.11 Å². The summed E-state index contributed by atoms with van der Waals surface area (Å²) >= 11 is 0. The first kappa shape index (κ1) is 15.5. The Morgan fingerprint density at radius 2 is 1.50 bits per heavy atom. The first-order valence-corrected chi connectivity index (χ1v) is 8.26. The molecule has 0 aromatic carbocycles. The van der Waals surface area contributed by atoms with Gasteiger partial charge < -0.3 is 5.11 Å². The third-order valence-corrected chi connectivity index (χ3v) is 4.71. The summed E-state index contributed by atoms with van der Waals surface area (Å²) in [5.41, 5.74) is 3.62. The van der Waals surface area contributed by atoms with E-state index in [4.69, 9.17) is 0 Å². The number of aliphatic imine (C=N–C) groups is 1. The molecule has 0 aromatic rings. The summed E-state index contributed by atoms with van der Waals surface area (Å²) in [6.45, 7) is 2.29. The maximum Gasteiger partial charge on any atom is 0.238 e. The lowest BCUT2D eigenvalue weighted by Gasteiger charge is -2.32. The molecule has 4 nitrogen and oxygen atoms in total. The van der Waals surface area contributed by atoms with Crippen LogP contribution >= 0.6 is 0 Å². The smallest absolute Gasteiger partial charge is 0.238 e. The van der Waals surface area contributed by atoms with Crippen molar-refractivity contribution in [2.75, 3.05) is 0 Å². The number of nitrogens with zero attached hydrogens (tertiary/aromatic N) is 2. The van der Waals surface area contributed by atoms with E-state index in [1.807, 2.05) is 0 Å². The largest absolute Gasteiger partial charge is 0.354 e. The summed E-state index contributed by atoms with van der Waals surface area (Å²) in [5, 5.41) is 13.7. The highest BCUT2D eigenvalue weighted by Gasteiger charge is 2.30. The molecule has 1 aliphatic carbocycles. The minimum Gasteiger partial charge on any atom is -0.354 e. The molecular weight excluding hydrogens is 250 g/mol. The van der Waals surface area contributed by atoms with Crippen LogP contribution in [0.1, 0.15) is 77.6 Å². The lowest BCUT2D eigenvalue weighted by molar-refractivity contribution is 0.145. The average Bonchev–Trinajstić information content (AvgIpc) is 2.43. The molecule has 2 rings (SSSR count). The van der Waals surface area contributed by atoms with E-state index in [1.54, 1.807) is 6.21 Å². The highest BCUT2D eigenvalue weighted by Crippen LogP contribution is 2.34. The van der Waals surface area contributed by atoms with Crippen LogP contribution < -0.4 is 5.43 Å². The van der Waals surface area contributed by atoms with Crippen LogP contribution in [-0.4, -0.2) is 23.4 Å². The SMILES string of the molecule is CC1(C2=NC(O)NN=C2)CCCCCCCCCCC1. The van der Waals surface area contributed by atoms with Gasteiger partial charge in [-0.05, 0) is 12.8 Å². The molecule has 2 aliphatic rings. The van der Waals surface area contributed by atoms with E-state index in [1.165, 1.54) is 57.8 Å². The van der Waals surface area contributed by atoms with Crippen LogP contribution in [0, 0.1) is 5.41 Å². The molecule has 1 unspecified atom stereocenters. The highest BCUT2D eigenvalue weighted by atomic mass is 16.3. The van der Waals surface area contributed by atoms with Gasteiger partial charge >= 0.3 is 0 Å². The van der Waals surface area contributed by atoms with Gasteiger partial charge in [0.05, 0.1) is 11.9 Å². The Morgan fingerprint density at radius 1 is 1.00 bits per heavy atom. The van der Waals surface area contributed by atoms with Gasteiger partial charge in [0.2, 0.25) is 6.35 Å². The monoisotopic (exact) mass is 279 g/mol. The number of hydrogen-bond donors (Lipinski definition) is 2. The predicted molar refractivity (Wildman–Crippen MR) is 84.0 cm³/mol. The number of hydrogen-bond acceptors (Lipinski definition) is 4. The molecule has 1 saturated carbocycles. The van der Waals surface area contributed by atoms with Crippen LogP contribution in [-0.2, 0) is 0 Å². The van der Waals surface area contributed by atoms with E-state index in [-0.39, 0.29) is 5.41 Å². The molecule has 0 amide bonds. The van der Waals surface area contributed by atoms with Crippen molar-refractivity contribution in [3.63, 3.8) is 0 Å². The van der Waals surface area contributed by atoms with Crippen molar-refractivity contribution >= 4 is 11.9 Å². The maximum absolute atomic E-state index is 9.62. The van der Waals surface area contributed by atoms with Gasteiger partial charge in [0, 0.05) is 5.41 Å². The van der Waals surface area contributed by atoms with Crippen LogP contribution in [0.3, 0.4) is 0 Å². The van der Waals surface area contributed by atoms with E-state index >= 15 is 0 Å². The maximum atomic E-state index is 9.62. The molecule has 1 atom stereocenters. The van der Waals surface area contributed by atoms with Crippen molar-refractivity contribution in [2.45, 2.75) is 83.9 Å². The molecule has 0 saturated heterocycles. The molecule has 4 heteroatoms. The molecule has 20 heavy (non-hydrogen) atoms. The summed E-state index contributed by atoms with van der Waals surface area (Å²) < 4.78 is 0. The number of hydrazone groups is 1. The standard InChI is InChI=1S/C16H29N3O/c1-16(14-13-17-19-15(20)18-14)11-9-7-5-3-2-4-6-8-10-12-16/h13,15,19-20H,2-12H2,1H3. The van der Waals surface area contributed by atoms with E-state index in [2.05, 4.69) is 22.4 Å². The van der Waals surface area contributed by atoms with Gasteiger partial charge in [-0.25, -0.2) is 4.99 Å². The molecule has 0 aromatic heterocycles. The Morgan fingerprint density at radius 3 is 2.00 bits per heavy atom. The predicted octanol–water partition coefficient (Wildman–Crippen LogP) is 3.60. The molecule has 1 heterocycles. The second-order valence-corrected chi connectivity index (χ2v) is 6.52. The second kappa shape index (κ2) is 7.77. The quantitative estimate of drug-likeness (QED) is 0.770. The lowest BCUT2D eigenvalue weighted by atomic mass is 9.75. The fourth-order valence-corrected chi connectivity index (χ4v) is 3.32. The van der Waals surface area contributed by atoms with E-state index in [0.29, 0.717) is 0 Å². The minimum atomic E-state index is -0.867. The number of rotatable bonds is 1. The van der Waals surface area contributed by atoms with Crippen LogP contribution in [0.15, 0.2) is 10.1 Å². The molecular formula is C16H29N3O. The highest BCUT2D eigenvalue weighted by molar-refractivity contribution is 6.33. The first-order chi connectivity index (χ1) is 9.71. The van der Waals surface area contributed by atoms with Gasteiger partial charge in [0.15, 0.2) is 0 Å². The fraction of sp³-hybridized carbons (Fsp3) is 0.875. The lowest BCUT2D eigenvalue weighted by Crippen LogP contribution is -2.37. The fourth-order valence-electron chi connectivity index (χ4n) is 3.32. The second-order valence-electron chi connectivity index (χ2n) is 6.52. The van der Waals surface area contributed by atoms with Crippen molar-refractivity contribution in [1.29, 1.82) is 0 Å². The summed E-state index contributed by atoms with van der Waals surface area (Å²) in [5.74, 6) is 0. The number of aliphatic hydroxyl groups is 1. The third kappa shape index (κ3) is 4.58. The molecule has 1 fully saturated rings. The van der Waals surface area contributed by atoms with Gasteiger partial charge in [-0.3, -0.25) is 5.43 Å². The Balaban J connectivity index is 2.01. The van der Waals surface area contributed by atoms with Gasteiger partial charge in [0.1, 0.15) is 0 Å². The van der Waals surface area contributed by atoms with Crippen LogP contribution in [0.5, 0.6) is 0 Å². The van der Waals surface area contributed by atoms with Crippen LogP contribution in [0.25, 0.3) is 0 Å². The minimum absolute atomic E-state index is 0.0752. The van der Waals surface area contributed by atoms with Gasteiger partial charge in [0.25, 0.3) is 0 Å². The Bertz CT molecular complexity index is 340. The van der Waals surface area contributed by atoms with E-state index in [9.17, 15) is 5.11 Å². The zero-order valence-corrected chi connectivity index (χ0v) is 12.8. The van der Waals surface area contributed by atoms with Crippen LogP contribution in [0.4, 0.5) is 0 Å². The van der Waals surface area contributed by atoms with Crippen LogP contribution in [0.2, 0.25) is 0 Å². The van der Waals surface area contributed by atoms with E-state index < -0.39 is 6.35 Å². The summed E-state index contributed by atoms with van der Waals surface area (Å²) in [6, 6.07) is 0. The van der Waals surface area contributed by atoms with Crippen molar-refractivity contribution in [2.24, 2.45) is 15.5 Å². The number of nitrogens with one attached hydrogen (secondary N) is 1. The van der Waals surface area contributed by atoms with Crippen molar-refractivity contribution in [1.82, 2.24) is 5.43 Å². The third-order valence-electron chi connectivity index (χ3n) is 4.71. The summed E-state index contributed by atoms with van der Waals surface area (Å²) in [4.78, 5) is 4.36. The molecule has 0 spiro atoms. The topological polar surface area (TPSA) is 57.0 Å². The molecule has 0 bridgehead atoms. The Labute approximate surface area is 122 Å². The van der Waals surface area contributed by atoms with Gasteiger partial charge in [-0.15, -0.1) is 0 Å². The molecule has 0 radical (unpaired) electrons. The van der Waals surface area contributed by atoms with Crippen molar-refractivity contribution in [3.05, 3.63) is 0 Å². The van der Waals surface area contributed by atoms with Gasteiger partial charge in [-0.2, -0.15) is 5.10 Å². The molecule has 1 aliphatic heterocycles. The molecule has 2 N–H and O–H groups in total. The van der Waals surface area contributed by atoms with Crippen molar-refractivity contribution in [3.8, 4) is 0 Å². The summed E-state index contributed by atoms with van der Waals surface area (Å²) in [7, 11) is 0. The summed E-state index contributed by atoms with van der Waals surface area (Å²) in [6.07, 6.45) is 15.3. The zero-order chi connectivity index (χ0) is 14.3. The van der Waals surface area contributed by atoms with E-state index in [0.717, 1.165) is 18.6 Å². The zero-order valence-electron chi connectivity index (χ0n) is 12.8. The number of aliphatic hydroxyl groups excluding tert-OH is 1. The normalized spacial score (nSPS) is 28.7. The Kier molecular flexibility index (Phi) is 6.02. The average molecular weight is 279 g/mol. The Hall–Kier alpha value is -0.900. The molecule has 114 valence electrons. The first-order valence-electron chi connectivity index (χ1n) is 8.26. The van der Waals surface area contributed by atoms with Gasteiger partial charge in [-0.1, -0.05) is 64.7 Å².